The van der Waals surface area contributed by atoms with Crippen LogP contribution in [0.5, 0.6) is 0 Å². The molecule has 194 valence electrons. The van der Waals surface area contributed by atoms with Crippen molar-refractivity contribution in [3.63, 3.8) is 0 Å². The van der Waals surface area contributed by atoms with Crippen LogP contribution in [-0.2, 0) is 16.0 Å². The maximum absolute atomic E-state index is 14.2. The van der Waals surface area contributed by atoms with E-state index in [0.29, 0.717) is 18.5 Å². The molecule has 2 atom stereocenters. The fraction of sp³-hybridized carbons (Fsp3) is 0.500. The highest BCUT2D eigenvalue weighted by Gasteiger charge is 2.22. The van der Waals surface area contributed by atoms with E-state index >= 15 is 0 Å². The molecule has 1 aliphatic rings. The first kappa shape index (κ1) is 29.1. The average molecular weight is 516 g/mol. The van der Waals surface area contributed by atoms with Crippen LogP contribution in [0.3, 0.4) is 0 Å². The normalized spacial score (nSPS) is 15.4. The van der Waals surface area contributed by atoms with Crippen LogP contribution < -0.4 is 0 Å². The van der Waals surface area contributed by atoms with E-state index in [1.54, 1.807) is 12.1 Å². The van der Waals surface area contributed by atoms with Crippen molar-refractivity contribution in [3.05, 3.63) is 69.5 Å². The first-order valence-corrected chi connectivity index (χ1v) is 12.1. The molecule has 0 amide bonds. The number of likely N-dealkylation sites (tertiary alicyclic amines) is 1. The van der Waals surface area contributed by atoms with E-state index in [9.17, 15) is 23.1 Å². The molecular formula is C26H33ClF3NO4. The smallest absolute Gasteiger partial charge is 0.303 e. The Kier molecular flexibility index (Phi) is 12.0. The Morgan fingerprint density at radius 1 is 1.14 bits per heavy atom. The molecule has 35 heavy (non-hydrogen) atoms. The van der Waals surface area contributed by atoms with Crippen molar-refractivity contribution in [2.45, 2.75) is 58.2 Å². The number of aliphatic carboxylic acids is 1. The minimum atomic E-state index is -1.05. The monoisotopic (exact) mass is 515 g/mol. The van der Waals surface area contributed by atoms with Crippen molar-refractivity contribution >= 4 is 17.6 Å². The van der Waals surface area contributed by atoms with E-state index in [1.165, 1.54) is 12.1 Å². The summed E-state index contributed by atoms with van der Waals surface area (Å²) in [5.74, 6) is -2.89. The minimum Gasteiger partial charge on any atom is -0.481 e. The fourth-order valence-electron chi connectivity index (χ4n) is 3.98. The zero-order valence-corrected chi connectivity index (χ0v) is 20.8. The molecule has 9 heteroatoms. The number of carboxylic acid groups (broad SMARTS) is 1. The Hall–Kier alpha value is -2.13. The van der Waals surface area contributed by atoms with E-state index < -0.39 is 29.8 Å². The minimum absolute atomic E-state index is 0.0348. The van der Waals surface area contributed by atoms with Gasteiger partial charge in [-0.25, -0.2) is 13.2 Å². The zero-order valence-electron chi connectivity index (χ0n) is 20.1. The summed E-state index contributed by atoms with van der Waals surface area (Å²) in [4.78, 5) is 13.0. The van der Waals surface area contributed by atoms with Gasteiger partial charge in [0.15, 0.2) is 0 Å². The van der Waals surface area contributed by atoms with Gasteiger partial charge in [0.1, 0.15) is 17.5 Å². The standard InChI is InChI=1S/C19H27F2NO4.C7H6ClF/c1-2-18(26-12-14(23)11-22-7-3-4-8-22)16-9-13(20)10-17(21)15(16)5-6-19(24)25;1-5-2-3-6(8)7(9)4-5/h9-10,14,18,23H,2-8,11-12H2,1H3,(H,24,25);2-4H,1H3. The van der Waals surface area contributed by atoms with Crippen LogP contribution >= 0.6 is 11.6 Å². The highest BCUT2D eigenvalue weighted by molar-refractivity contribution is 6.30. The topological polar surface area (TPSA) is 70.0 Å². The van der Waals surface area contributed by atoms with Crippen LogP contribution in [-0.4, -0.2) is 53.4 Å². The van der Waals surface area contributed by atoms with Crippen molar-refractivity contribution in [2.24, 2.45) is 0 Å². The van der Waals surface area contributed by atoms with Crippen LogP contribution in [0.2, 0.25) is 5.02 Å². The van der Waals surface area contributed by atoms with E-state index in [0.717, 1.165) is 37.6 Å². The fourth-order valence-corrected chi connectivity index (χ4v) is 4.10. The molecule has 3 rings (SSSR count). The zero-order chi connectivity index (χ0) is 26.0. The second kappa shape index (κ2) is 14.4. The summed E-state index contributed by atoms with van der Waals surface area (Å²) in [6.45, 7) is 6.14. The number of nitrogens with zero attached hydrogens (tertiary/aromatic N) is 1. The molecule has 0 radical (unpaired) electrons. The summed E-state index contributed by atoms with van der Waals surface area (Å²) in [5, 5.41) is 19.2. The number of rotatable bonds is 10. The van der Waals surface area contributed by atoms with E-state index in [4.69, 9.17) is 21.4 Å². The Balaban J connectivity index is 0.000000402. The number of aliphatic hydroxyl groups is 1. The number of aryl methyl sites for hydroxylation is 1. The van der Waals surface area contributed by atoms with E-state index in [1.807, 2.05) is 13.8 Å². The third-order valence-electron chi connectivity index (χ3n) is 5.73. The number of halogens is 4. The van der Waals surface area contributed by atoms with Crippen LogP contribution in [0, 0.1) is 24.4 Å². The van der Waals surface area contributed by atoms with Gasteiger partial charge >= 0.3 is 5.97 Å². The molecule has 2 unspecified atom stereocenters. The number of carboxylic acids is 1. The van der Waals surface area contributed by atoms with Gasteiger partial charge in [-0.05, 0) is 80.6 Å². The summed E-state index contributed by atoms with van der Waals surface area (Å²) in [6, 6.07) is 6.68. The summed E-state index contributed by atoms with van der Waals surface area (Å²) in [6.07, 6.45) is 1.15. The van der Waals surface area contributed by atoms with Gasteiger partial charge in [0.05, 0.1) is 23.8 Å². The molecule has 0 saturated carbocycles. The Morgan fingerprint density at radius 2 is 1.83 bits per heavy atom. The molecule has 1 aliphatic heterocycles. The van der Waals surface area contributed by atoms with Gasteiger partial charge in [-0.3, -0.25) is 4.79 Å². The maximum atomic E-state index is 14.2. The molecule has 1 saturated heterocycles. The van der Waals surface area contributed by atoms with Crippen molar-refractivity contribution in [1.29, 1.82) is 0 Å². The van der Waals surface area contributed by atoms with Gasteiger partial charge in [0.25, 0.3) is 0 Å². The van der Waals surface area contributed by atoms with Crippen LogP contribution in [0.25, 0.3) is 0 Å². The molecule has 2 aromatic rings. The predicted molar refractivity (Wildman–Crippen MR) is 129 cm³/mol. The summed E-state index contributed by atoms with van der Waals surface area (Å²) >= 11 is 5.41. The van der Waals surface area contributed by atoms with Crippen LogP contribution in [0.1, 0.15) is 55.4 Å². The third-order valence-corrected chi connectivity index (χ3v) is 6.04. The molecule has 0 aliphatic carbocycles. The lowest BCUT2D eigenvalue weighted by Crippen LogP contribution is -2.33. The van der Waals surface area contributed by atoms with Crippen LogP contribution in [0.4, 0.5) is 13.2 Å². The van der Waals surface area contributed by atoms with Gasteiger partial charge < -0.3 is 19.8 Å². The van der Waals surface area contributed by atoms with Crippen molar-refractivity contribution < 1.29 is 32.9 Å². The molecule has 0 bridgehead atoms. The number of hydrogen-bond donors (Lipinski definition) is 2. The Morgan fingerprint density at radius 3 is 2.40 bits per heavy atom. The largest absolute Gasteiger partial charge is 0.481 e. The molecule has 1 fully saturated rings. The second-order valence-corrected chi connectivity index (χ2v) is 9.07. The number of β-amino-alcohol motifs (C(OH)–C–C–N with tert-alkyl or cyclic N) is 1. The first-order chi connectivity index (χ1) is 16.6. The number of hydrogen-bond acceptors (Lipinski definition) is 4. The number of ether oxygens (including phenoxy) is 1. The van der Waals surface area contributed by atoms with Gasteiger partial charge in [-0.2, -0.15) is 0 Å². The SMILES string of the molecule is CCC(OCC(O)CN1CCCC1)c1cc(F)cc(F)c1CCC(=O)O.Cc1ccc(Cl)c(F)c1. The van der Waals surface area contributed by atoms with Crippen LogP contribution in [0.15, 0.2) is 30.3 Å². The Labute approximate surface area is 209 Å². The predicted octanol–water partition coefficient (Wildman–Crippen LogP) is 5.69. The van der Waals surface area contributed by atoms with E-state index in [-0.39, 0.29) is 35.9 Å². The highest BCUT2D eigenvalue weighted by atomic mass is 35.5. The number of benzene rings is 2. The molecule has 1 heterocycles. The molecular weight excluding hydrogens is 483 g/mol. The summed E-state index contributed by atoms with van der Waals surface area (Å²) in [5.41, 5.74) is 1.37. The molecule has 2 aromatic carbocycles. The van der Waals surface area contributed by atoms with Gasteiger partial charge in [0.2, 0.25) is 0 Å². The summed E-state index contributed by atoms with van der Waals surface area (Å²) in [7, 11) is 0. The van der Waals surface area contributed by atoms with Crippen molar-refractivity contribution in [2.75, 3.05) is 26.2 Å². The lowest BCUT2D eigenvalue weighted by molar-refractivity contribution is -0.136. The average Bonchev–Trinajstić information content (AvgIpc) is 3.29. The van der Waals surface area contributed by atoms with Gasteiger partial charge in [0, 0.05) is 19.0 Å². The molecule has 5 nitrogen and oxygen atoms in total. The van der Waals surface area contributed by atoms with Gasteiger partial charge in [-0.1, -0.05) is 24.6 Å². The highest BCUT2D eigenvalue weighted by Crippen LogP contribution is 2.29. The molecule has 2 N–H and O–H groups in total. The quantitative estimate of drug-likeness (QED) is 0.425. The molecule has 0 aromatic heterocycles. The third kappa shape index (κ3) is 9.80. The lowest BCUT2D eigenvalue weighted by Gasteiger charge is -2.24. The first-order valence-electron chi connectivity index (χ1n) is 11.7. The van der Waals surface area contributed by atoms with Crippen molar-refractivity contribution in [3.8, 4) is 0 Å². The molecule has 0 spiro atoms. The second-order valence-electron chi connectivity index (χ2n) is 8.66. The number of carbonyl (C=O) groups is 1. The maximum Gasteiger partial charge on any atom is 0.303 e. The van der Waals surface area contributed by atoms with E-state index in [2.05, 4.69) is 4.90 Å². The number of aliphatic hydroxyl groups excluding tert-OH is 1. The van der Waals surface area contributed by atoms with Crippen molar-refractivity contribution in [1.82, 2.24) is 4.90 Å². The Bertz CT molecular complexity index is 970. The van der Waals surface area contributed by atoms with Gasteiger partial charge in [-0.15, -0.1) is 0 Å². The lowest BCUT2D eigenvalue weighted by atomic mass is 9.96. The summed E-state index contributed by atoms with van der Waals surface area (Å²) < 4.78 is 46.1.